The molecule has 10 heteroatoms. The third kappa shape index (κ3) is 5.80. The molecule has 2 amide bonds. The number of ether oxygens (including phenoxy) is 2. The maximum atomic E-state index is 12.5. The molecular formula is C25H23N5O5. The topological polar surface area (TPSA) is 124 Å². The minimum atomic E-state index is -0.642. The maximum Gasteiger partial charge on any atom is 0.340 e. The first-order chi connectivity index (χ1) is 16.9. The van der Waals surface area contributed by atoms with Gasteiger partial charge in [0.05, 0.1) is 12.2 Å². The molecule has 0 aliphatic heterocycles. The van der Waals surface area contributed by atoms with Crippen molar-refractivity contribution in [1.82, 2.24) is 14.6 Å². The molecule has 0 spiro atoms. The number of carbonyl (C=O) groups excluding carboxylic acids is 3. The van der Waals surface area contributed by atoms with Crippen molar-refractivity contribution >= 4 is 34.8 Å². The molecule has 0 bridgehead atoms. The molecule has 35 heavy (non-hydrogen) atoms. The van der Waals surface area contributed by atoms with Crippen LogP contribution in [0.1, 0.15) is 33.5 Å². The Morgan fingerprint density at radius 3 is 2.23 bits per heavy atom. The van der Waals surface area contributed by atoms with Crippen molar-refractivity contribution in [2.75, 3.05) is 23.8 Å². The number of esters is 1. The van der Waals surface area contributed by atoms with E-state index in [-0.39, 0.29) is 11.5 Å². The van der Waals surface area contributed by atoms with Crippen molar-refractivity contribution in [3.63, 3.8) is 0 Å². The lowest BCUT2D eigenvalue weighted by Crippen LogP contribution is -2.21. The van der Waals surface area contributed by atoms with Gasteiger partial charge in [0.2, 0.25) is 0 Å². The van der Waals surface area contributed by atoms with Crippen molar-refractivity contribution in [3.8, 4) is 5.75 Å². The molecule has 0 unspecified atom stereocenters. The molecule has 4 aromatic rings. The lowest BCUT2D eigenvalue weighted by atomic mass is 10.2. The van der Waals surface area contributed by atoms with Gasteiger partial charge in [0.15, 0.2) is 12.3 Å². The van der Waals surface area contributed by atoms with Crippen LogP contribution in [0.3, 0.4) is 0 Å². The summed E-state index contributed by atoms with van der Waals surface area (Å²) in [5.41, 5.74) is 2.40. The highest BCUT2D eigenvalue weighted by molar-refractivity contribution is 6.04. The third-order valence-electron chi connectivity index (χ3n) is 5.00. The lowest BCUT2D eigenvalue weighted by molar-refractivity contribution is -0.119. The first kappa shape index (κ1) is 23.4. The van der Waals surface area contributed by atoms with Crippen LogP contribution in [-0.4, -0.2) is 45.6 Å². The highest BCUT2D eigenvalue weighted by atomic mass is 16.5. The van der Waals surface area contributed by atoms with E-state index < -0.39 is 18.5 Å². The number of anilines is 2. The second kappa shape index (κ2) is 10.5. The van der Waals surface area contributed by atoms with Crippen LogP contribution in [0.15, 0.2) is 66.9 Å². The van der Waals surface area contributed by atoms with Crippen LogP contribution >= 0.6 is 0 Å². The van der Waals surface area contributed by atoms with Gasteiger partial charge in [0, 0.05) is 23.1 Å². The molecule has 0 saturated carbocycles. The Balaban J connectivity index is 1.28. The van der Waals surface area contributed by atoms with Gasteiger partial charge in [0.25, 0.3) is 11.8 Å². The number of benzene rings is 2. The summed E-state index contributed by atoms with van der Waals surface area (Å²) in [6.07, 6.45) is 1.56. The number of nitrogens with one attached hydrogen (secondary N) is 2. The summed E-state index contributed by atoms with van der Waals surface area (Å²) >= 11 is 0. The predicted molar refractivity (Wildman–Crippen MR) is 129 cm³/mol. The van der Waals surface area contributed by atoms with E-state index in [1.54, 1.807) is 78.2 Å². The summed E-state index contributed by atoms with van der Waals surface area (Å²) in [5, 5.41) is 13.3. The Hall–Kier alpha value is -4.73. The van der Waals surface area contributed by atoms with Gasteiger partial charge in [-0.25, -0.2) is 4.79 Å². The fourth-order valence-corrected chi connectivity index (χ4v) is 3.25. The Bertz CT molecular complexity index is 1360. The van der Waals surface area contributed by atoms with E-state index in [0.717, 1.165) is 5.75 Å². The molecule has 10 nitrogen and oxygen atoms in total. The van der Waals surface area contributed by atoms with Gasteiger partial charge in [-0.15, -0.1) is 10.2 Å². The molecule has 178 valence electrons. The molecule has 4 rings (SSSR count). The molecule has 0 aliphatic rings. The molecule has 0 fully saturated rings. The van der Waals surface area contributed by atoms with Crippen LogP contribution in [0, 0.1) is 6.92 Å². The summed E-state index contributed by atoms with van der Waals surface area (Å²) in [7, 11) is 0. The van der Waals surface area contributed by atoms with Crippen molar-refractivity contribution in [1.29, 1.82) is 0 Å². The highest BCUT2D eigenvalue weighted by Gasteiger charge is 2.13. The number of nitrogens with zero attached hydrogens (tertiary/aromatic N) is 3. The van der Waals surface area contributed by atoms with E-state index in [1.807, 2.05) is 6.92 Å². The fraction of sp³-hybridized carbons (Fsp3) is 0.160. The number of fused-ring (bicyclic) bond motifs is 1. The number of rotatable bonds is 8. The number of carbonyl (C=O) groups is 3. The fourth-order valence-electron chi connectivity index (χ4n) is 3.25. The normalized spacial score (nSPS) is 10.6. The van der Waals surface area contributed by atoms with Gasteiger partial charge in [-0.05, 0) is 74.5 Å². The van der Waals surface area contributed by atoms with Gasteiger partial charge in [-0.2, -0.15) is 0 Å². The van der Waals surface area contributed by atoms with E-state index >= 15 is 0 Å². The molecule has 2 heterocycles. The zero-order valence-corrected chi connectivity index (χ0v) is 19.1. The van der Waals surface area contributed by atoms with Gasteiger partial charge in [-0.1, -0.05) is 0 Å². The monoisotopic (exact) mass is 473 g/mol. The number of aromatic nitrogens is 3. The Morgan fingerprint density at radius 1 is 0.857 bits per heavy atom. The van der Waals surface area contributed by atoms with Crippen LogP contribution in [0.25, 0.3) is 5.65 Å². The van der Waals surface area contributed by atoms with Crippen molar-refractivity contribution in [3.05, 3.63) is 83.8 Å². The first-order valence-corrected chi connectivity index (χ1v) is 10.9. The van der Waals surface area contributed by atoms with E-state index in [0.29, 0.717) is 35.0 Å². The Labute approximate surface area is 200 Å². The van der Waals surface area contributed by atoms with Crippen LogP contribution in [0.4, 0.5) is 11.4 Å². The maximum absolute atomic E-state index is 12.5. The van der Waals surface area contributed by atoms with E-state index in [9.17, 15) is 14.4 Å². The smallest absolute Gasteiger partial charge is 0.340 e. The molecular weight excluding hydrogens is 450 g/mol. The summed E-state index contributed by atoms with van der Waals surface area (Å²) in [5.74, 6) is -0.0869. The quantitative estimate of drug-likeness (QED) is 0.376. The molecule has 0 radical (unpaired) electrons. The average molecular weight is 473 g/mol. The largest absolute Gasteiger partial charge is 0.494 e. The van der Waals surface area contributed by atoms with E-state index in [4.69, 9.17) is 9.47 Å². The molecule has 0 saturated heterocycles. The summed E-state index contributed by atoms with van der Waals surface area (Å²) in [6, 6.07) is 16.6. The van der Waals surface area contributed by atoms with E-state index in [2.05, 4.69) is 20.8 Å². The van der Waals surface area contributed by atoms with Gasteiger partial charge >= 0.3 is 5.97 Å². The Morgan fingerprint density at radius 2 is 1.51 bits per heavy atom. The summed E-state index contributed by atoms with van der Waals surface area (Å²) < 4.78 is 12.1. The van der Waals surface area contributed by atoms with Crippen LogP contribution < -0.4 is 15.4 Å². The second-order valence-electron chi connectivity index (χ2n) is 7.51. The van der Waals surface area contributed by atoms with Crippen LogP contribution in [0.2, 0.25) is 0 Å². The minimum absolute atomic E-state index is 0.274. The van der Waals surface area contributed by atoms with Crippen LogP contribution in [-0.2, 0) is 9.53 Å². The number of aryl methyl sites for hydroxylation is 1. The van der Waals surface area contributed by atoms with Gasteiger partial charge in [-0.3, -0.25) is 14.0 Å². The molecule has 0 aliphatic carbocycles. The average Bonchev–Trinajstić information content (AvgIpc) is 3.24. The molecule has 2 N–H and O–H groups in total. The number of amides is 2. The molecule has 2 aromatic carbocycles. The van der Waals surface area contributed by atoms with Crippen LogP contribution in [0.5, 0.6) is 5.75 Å². The zero-order chi connectivity index (χ0) is 24.8. The van der Waals surface area contributed by atoms with E-state index in [1.165, 1.54) is 0 Å². The summed E-state index contributed by atoms with van der Waals surface area (Å²) in [4.78, 5) is 37.0. The van der Waals surface area contributed by atoms with Gasteiger partial charge < -0.3 is 20.1 Å². The molecule has 2 aromatic heterocycles. The second-order valence-corrected chi connectivity index (χ2v) is 7.51. The van der Waals surface area contributed by atoms with Crippen molar-refractivity contribution in [2.45, 2.75) is 13.8 Å². The first-order valence-electron chi connectivity index (χ1n) is 10.9. The highest BCUT2D eigenvalue weighted by Crippen LogP contribution is 2.17. The number of hydrogen-bond acceptors (Lipinski definition) is 7. The minimum Gasteiger partial charge on any atom is -0.494 e. The number of hydrogen-bond donors (Lipinski definition) is 2. The van der Waals surface area contributed by atoms with Gasteiger partial charge in [0.1, 0.15) is 11.6 Å². The predicted octanol–water partition coefficient (Wildman–Crippen LogP) is 3.48. The van der Waals surface area contributed by atoms with Crippen molar-refractivity contribution < 1.29 is 23.9 Å². The SMILES string of the molecule is CCOc1ccc(NC(=O)c2ccc(NC(=O)COC(=O)c3ccc4nnc(C)n4c3)cc2)cc1. The standard InChI is InChI=1S/C25H23N5O5/c1-3-34-21-11-9-20(10-12-21)27-24(32)17-4-7-19(8-5-17)26-23(31)15-35-25(33)18-6-13-22-29-28-16(2)30(22)14-18/h4-14H,3,15H2,1-2H3,(H,26,31)(H,27,32). The van der Waals surface area contributed by atoms with Crippen molar-refractivity contribution in [2.24, 2.45) is 0 Å². The third-order valence-corrected chi connectivity index (χ3v) is 5.00. The Kier molecular flexibility index (Phi) is 7.01. The number of pyridine rings is 1. The lowest BCUT2D eigenvalue weighted by Gasteiger charge is -2.09. The summed E-state index contributed by atoms with van der Waals surface area (Å²) in [6.45, 7) is 3.77. The zero-order valence-electron chi connectivity index (χ0n) is 19.1. The molecule has 0 atom stereocenters.